The van der Waals surface area contributed by atoms with Gasteiger partial charge in [-0.2, -0.15) is 0 Å². The van der Waals surface area contributed by atoms with Gasteiger partial charge in [-0.1, -0.05) is 13.8 Å². The number of nitrogens with zero attached hydrogens (tertiary/aromatic N) is 2. The number of likely N-dealkylation sites (tertiary alicyclic amines) is 2. The summed E-state index contributed by atoms with van der Waals surface area (Å²) in [4.78, 5) is 16.6. The van der Waals surface area contributed by atoms with Crippen molar-refractivity contribution in [3.05, 3.63) is 0 Å². The predicted octanol–water partition coefficient (Wildman–Crippen LogP) is 1.07. The summed E-state index contributed by atoms with van der Waals surface area (Å²) >= 11 is 0. The van der Waals surface area contributed by atoms with Crippen LogP contribution in [0, 0.1) is 5.92 Å². The van der Waals surface area contributed by atoms with Gasteiger partial charge >= 0.3 is 0 Å². The second-order valence-electron chi connectivity index (χ2n) is 6.71. The van der Waals surface area contributed by atoms with Gasteiger partial charge in [0.1, 0.15) is 0 Å². The molecule has 1 amide bonds. The van der Waals surface area contributed by atoms with Crippen molar-refractivity contribution in [2.24, 2.45) is 11.7 Å². The van der Waals surface area contributed by atoms with Crippen LogP contribution in [-0.2, 0) is 9.53 Å². The molecule has 0 spiro atoms. The molecular weight excluding hydrogens is 266 g/mol. The van der Waals surface area contributed by atoms with Gasteiger partial charge in [0.15, 0.2) is 0 Å². The fraction of sp³-hybridized carbons (Fsp3) is 0.938. The van der Waals surface area contributed by atoms with E-state index in [4.69, 9.17) is 10.5 Å². The van der Waals surface area contributed by atoms with Crippen molar-refractivity contribution in [1.29, 1.82) is 0 Å². The molecule has 5 heteroatoms. The fourth-order valence-corrected chi connectivity index (χ4v) is 3.09. The molecule has 2 saturated heterocycles. The minimum Gasteiger partial charge on any atom is -0.377 e. The number of nitrogens with two attached hydrogens (primary N) is 1. The molecule has 2 N–H and O–H groups in total. The molecule has 21 heavy (non-hydrogen) atoms. The summed E-state index contributed by atoms with van der Waals surface area (Å²) in [5, 5.41) is 0. The Bertz CT molecular complexity index is 321. The van der Waals surface area contributed by atoms with E-state index in [9.17, 15) is 4.79 Å². The SMILES string of the molecule is CC(C)[C@H](N)C(=O)N1CCC(OCCN2CCCC2)CC1. The number of ether oxygens (including phenoxy) is 1. The van der Waals surface area contributed by atoms with Crippen LogP contribution in [0.25, 0.3) is 0 Å². The molecule has 2 rings (SSSR count). The Morgan fingerprint density at radius 1 is 1.19 bits per heavy atom. The van der Waals surface area contributed by atoms with E-state index in [1.165, 1.54) is 25.9 Å². The predicted molar refractivity (Wildman–Crippen MR) is 84.0 cm³/mol. The van der Waals surface area contributed by atoms with Gasteiger partial charge in [0.05, 0.1) is 18.8 Å². The fourth-order valence-electron chi connectivity index (χ4n) is 3.09. The molecule has 122 valence electrons. The third-order valence-electron chi connectivity index (χ3n) is 4.72. The van der Waals surface area contributed by atoms with E-state index >= 15 is 0 Å². The van der Waals surface area contributed by atoms with Crippen molar-refractivity contribution in [1.82, 2.24) is 9.80 Å². The smallest absolute Gasteiger partial charge is 0.239 e. The molecule has 0 aromatic carbocycles. The zero-order chi connectivity index (χ0) is 15.2. The standard InChI is InChI=1S/C16H31N3O2/c1-13(2)15(17)16(20)19-9-5-14(6-10-19)21-12-11-18-7-3-4-8-18/h13-15H,3-12,17H2,1-2H3/t15-/m0/s1. The van der Waals surface area contributed by atoms with Crippen LogP contribution in [-0.4, -0.2) is 67.2 Å². The van der Waals surface area contributed by atoms with Gasteiger partial charge in [-0.25, -0.2) is 0 Å². The third kappa shape index (κ3) is 4.94. The van der Waals surface area contributed by atoms with Gasteiger partial charge in [0.2, 0.25) is 5.91 Å². The van der Waals surface area contributed by atoms with Crippen LogP contribution in [0.5, 0.6) is 0 Å². The maximum absolute atomic E-state index is 12.2. The van der Waals surface area contributed by atoms with Crippen molar-refractivity contribution in [3.63, 3.8) is 0 Å². The lowest BCUT2D eigenvalue weighted by Crippen LogP contribution is -2.50. The van der Waals surface area contributed by atoms with E-state index < -0.39 is 0 Å². The largest absolute Gasteiger partial charge is 0.377 e. The Kier molecular flexibility index (Phi) is 6.45. The molecule has 0 unspecified atom stereocenters. The van der Waals surface area contributed by atoms with E-state index in [0.717, 1.165) is 39.1 Å². The highest BCUT2D eigenvalue weighted by atomic mass is 16.5. The zero-order valence-electron chi connectivity index (χ0n) is 13.6. The highest BCUT2D eigenvalue weighted by Gasteiger charge is 2.28. The van der Waals surface area contributed by atoms with Crippen molar-refractivity contribution in [2.75, 3.05) is 39.3 Å². The normalized spacial score (nSPS) is 23.0. The number of hydrogen-bond donors (Lipinski definition) is 1. The Morgan fingerprint density at radius 2 is 1.81 bits per heavy atom. The lowest BCUT2D eigenvalue weighted by atomic mass is 10.0. The summed E-state index contributed by atoms with van der Waals surface area (Å²) < 4.78 is 5.97. The van der Waals surface area contributed by atoms with Gasteiger partial charge in [0, 0.05) is 19.6 Å². The molecule has 0 aromatic heterocycles. The number of rotatable bonds is 6. The Labute approximate surface area is 128 Å². The van der Waals surface area contributed by atoms with E-state index in [-0.39, 0.29) is 17.9 Å². The molecular formula is C16H31N3O2. The first-order valence-electron chi connectivity index (χ1n) is 8.46. The van der Waals surface area contributed by atoms with Crippen LogP contribution in [0.1, 0.15) is 39.5 Å². The zero-order valence-corrected chi connectivity index (χ0v) is 13.6. The van der Waals surface area contributed by atoms with Gasteiger partial charge in [0.25, 0.3) is 0 Å². The highest BCUT2D eigenvalue weighted by molar-refractivity contribution is 5.82. The molecule has 1 atom stereocenters. The third-order valence-corrected chi connectivity index (χ3v) is 4.72. The highest BCUT2D eigenvalue weighted by Crippen LogP contribution is 2.16. The summed E-state index contributed by atoms with van der Waals surface area (Å²) in [6.07, 6.45) is 4.85. The van der Waals surface area contributed by atoms with Crippen LogP contribution in [0.2, 0.25) is 0 Å². The van der Waals surface area contributed by atoms with Crippen molar-refractivity contribution >= 4 is 5.91 Å². The Hall–Kier alpha value is -0.650. The van der Waals surface area contributed by atoms with Gasteiger partial charge in [-0.05, 0) is 44.7 Å². The van der Waals surface area contributed by atoms with Gasteiger partial charge in [-0.15, -0.1) is 0 Å². The molecule has 0 bridgehead atoms. The van der Waals surface area contributed by atoms with Gasteiger partial charge < -0.3 is 20.3 Å². The van der Waals surface area contributed by atoms with E-state index in [0.29, 0.717) is 6.10 Å². The maximum atomic E-state index is 12.2. The monoisotopic (exact) mass is 297 g/mol. The minimum absolute atomic E-state index is 0.0977. The second-order valence-corrected chi connectivity index (χ2v) is 6.71. The van der Waals surface area contributed by atoms with Crippen molar-refractivity contribution in [3.8, 4) is 0 Å². The number of piperidine rings is 1. The number of amides is 1. The van der Waals surface area contributed by atoms with Crippen LogP contribution >= 0.6 is 0 Å². The first-order chi connectivity index (χ1) is 10.1. The summed E-state index contributed by atoms with van der Waals surface area (Å²) in [7, 11) is 0. The molecule has 0 aromatic rings. The molecule has 2 aliphatic rings. The number of carbonyl (C=O) groups is 1. The molecule has 0 aliphatic carbocycles. The minimum atomic E-state index is -0.363. The average Bonchev–Trinajstić information content (AvgIpc) is 2.99. The number of carbonyl (C=O) groups excluding carboxylic acids is 1. The number of hydrogen-bond acceptors (Lipinski definition) is 4. The van der Waals surface area contributed by atoms with Crippen molar-refractivity contribution in [2.45, 2.75) is 51.7 Å². The lowest BCUT2D eigenvalue weighted by Gasteiger charge is -2.34. The second kappa shape index (κ2) is 8.11. The summed E-state index contributed by atoms with van der Waals surface area (Å²) in [6.45, 7) is 9.89. The maximum Gasteiger partial charge on any atom is 0.239 e. The first-order valence-corrected chi connectivity index (χ1v) is 8.46. The van der Waals surface area contributed by atoms with E-state index in [2.05, 4.69) is 4.90 Å². The topological polar surface area (TPSA) is 58.8 Å². The molecule has 2 fully saturated rings. The van der Waals surface area contributed by atoms with Crippen molar-refractivity contribution < 1.29 is 9.53 Å². The molecule has 0 radical (unpaired) electrons. The van der Waals surface area contributed by atoms with Crippen LogP contribution < -0.4 is 5.73 Å². The van der Waals surface area contributed by atoms with Crippen LogP contribution in [0.4, 0.5) is 0 Å². The first kappa shape index (κ1) is 16.7. The summed E-state index contributed by atoms with van der Waals surface area (Å²) in [5.41, 5.74) is 5.95. The van der Waals surface area contributed by atoms with Crippen LogP contribution in [0.3, 0.4) is 0 Å². The molecule has 0 saturated carbocycles. The lowest BCUT2D eigenvalue weighted by molar-refractivity contribution is -0.136. The molecule has 2 heterocycles. The van der Waals surface area contributed by atoms with E-state index in [1.54, 1.807) is 0 Å². The molecule has 5 nitrogen and oxygen atoms in total. The summed E-state index contributed by atoms with van der Waals surface area (Å²) in [6, 6.07) is -0.363. The van der Waals surface area contributed by atoms with E-state index in [1.807, 2.05) is 18.7 Å². The summed E-state index contributed by atoms with van der Waals surface area (Å²) in [5.74, 6) is 0.299. The molecule has 2 aliphatic heterocycles. The van der Waals surface area contributed by atoms with Crippen LogP contribution in [0.15, 0.2) is 0 Å². The Morgan fingerprint density at radius 3 is 2.38 bits per heavy atom. The quantitative estimate of drug-likeness (QED) is 0.797. The average molecular weight is 297 g/mol. The Balaban J connectivity index is 1.62. The van der Waals surface area contributed by atoms with Gasteiger partial charge in [-0.3, -0.25) is 4.79 Å².